The first-order valence-electron chi connectivity index (χ1n) is 10.5. The van der Waals surface area contributed by atoms with E-state index in [0.717, 1.165) is 35.3 Å². The third-order valence-corrected chi connectivity index (χ3v) is 6.50. The van der Waals surface area contributed by atoms with Crippen LogP contribution in [0.2, 0.25) is 0 Å². The Balaban J connectivity index is 1.29. The molecule has 144 valence electrons. The molecule has 0 spiro atoms. The van der Waals surface area contributed by atoms with Crippen molar-refractivity contribution in [3.05, 3.63) is 95.6 Å². The van der Waals surface area contributed by atoms with E-state index in [9.17, 15) is 5.11 Å². The van der Waals surface area contributed by atoms with E-state index in [1.807, 2.05) is 36.4 Å². The highest BCUT2D eigenvalue weighted by atomic mass is 16.3. The van der Waals surface area contributed by atoms with Crippen molar-refractivity contribution >= 4 is 0 Å². The van der Waals surface area contributed by atoms with Crippen molar-refractivity contribution in [2.45, 2.75) is 24.4 Å². The van der Waals surface area contributed by atoms with E-state index in [0.29, 0.717) is 12.3 Å². The molecule has 0 bridgehead atoms. The van der Waals surface area contributed by atoms with Gasteiger partial charge >= 0.3 is 0 Å². The fourth-order valence-electron chi connectivity index (χ4n) is 4.97. The lowest BCUT2D eigenvalue weighted by Crippen LogP contribution is -3.10. The summed E-state index contributed by atoms with van der Waals surface area (Å²) in [5.41, 5.74) is 4.66. The van der Waals surface area contributed by atoms with Gasteiger partial charge in [-0.25, -0.2) is 0 Å². The summed E-state index contributed by atoms with van der Waals surface area (Å²) >= 11 is 0. The van der Waals surface area contributed by atoms with E-state index in [-0.39, 0.29) is 0 Å². The molecular formula is C27H26NO+. The Morgan fingerprint density at radius 2 is 1.45 bits per heavy atom. The molecule has 1 saturated heterocycles. The van der Waals surface area contributed by atoms with Gasteiger partial charge in [0.15, 0.2) is 0 Å². The van der Waals surface area contributed by atoms with Gasteiger partial charge in [0, 0.05) is 18.8 Å². The molecule has 2 atom stereocenters. The van der Waals surface area contributed by atoms with Crippen LogP contribution in [0.25, 0.3) is 11.1 Å². The average Bonchev–Trinajstić information content (AvgIpc) is 3.35. The number of fused-ring (bicyclic) bond motifs is 3. The Hall–Kier alpha value is -2.86. The van der Waals surface area contributed by atoms with Crippen LogP contribution < -0.4 is 4.90 Å². The van der Waals surface area contributed by atoms with E-state index >= 15 is 0 Å². The second-order valence-corrected chi connectivity index (χ2v) is 8.26. The zero-order chi connectivity index (χ0) is 19.7. The molecule has 0 aromatic heterocycles. The lowest BCUT2D eigenvalue weighted by atomic mass is 9.88. The molecule has 0 saturated carbocycles. The van der Waals surface area contributed by atoms with Crippen molar-refractivity contribution in [1.82, 2.24) is 0 Å². The van der Waals surface area contributed by atoms with Gasteiger partial charge in [-0.2, -0.15) is 0 Å². The van der Waals surface area contributed by atoms with Gasteiger partial charge in [0.1, 0.15) is 12.1 Å². The first kappa shape index (κ1) is 18.2. The van der Waals surface area contributed by atoms with Gasteiger partial charge in [0.25, 0.3) is 0 Å². The predicted octanol–water partition coefficient (Wildman–Crippen LogP) is 3.37. The van der Waals surface area contributed by atoms with Crippen molar-refractivity contribution < 1.29 is 10.0 Å². The fourth-order valence-corrected chi connectivity index (χ4v) is 4.97. The zero-order valence-electron chi connectivity index (χ0n) is 16.6. The molecule has 2 nitrogen and oxygen atoms in total. The summed E-state index contributed by atoms with van der Waals surface area (Å²) in [4.78, 5) is 1.55. The maximum atomic E-state index is 11.6. The number of nitrogens with one attached hydrogen (secondary N) is 1. The van der Waals surface area contributed by atoms with Gasteiger partial charge in [-0.15, -0.1) is 0 Å². The van der Waals surface area contributed by atoms with Crippen LogP contribution in [-0.4, -0.2) is 24.7 Å². The molecule has 2 heteroatoms. The number of benzene rings is 3. The third kappa shape index (κ3) is 3.27. The van der Waals surface area contributed by atoms with E-state index in [1.165, 1.54) is 18.5 Å². The number of hydrogen-bond donors (Lipinski definition) is 2. The number of hydrogen-bond acceptors (Lipinski definition) is 1. The summed E-state index contributed by atoms with van der Waals surface area (Å²) < 4.78 is 0. The standard InChI is InChI=1S/C27H25NO/c29-27(25-14-6-4-12-23(25)24-13-5-7-15-26(24)27)17-8-9-18-28-19-16-22(20-28)21-10-2-1-3-11-21/h1-7,10-15,22,29H,16-20H2/p+1/t22-/m1/s1. The van der Waals surface area contributed by atoms with E-state index in [1.54, 1.807) is 4.90 Å². The lowest BCUT2D eigenvalue weighted by molar-refractivity contribution is -0.880. The monoisotopic (exact) mass is 380 g/mol. The minimum Gasteiger partial charge on any atom is -0.379 e. The smallest absolute Gasteiger partial charge is 0.139 e. The molecule has 0 radical (unpaired) electrons. The summed E-state index contributed by atoms with van der Waals surface area (Å²) in [6.07, 6.45) is 1.67. The van der Waals surface area contributed by atoms with Crippen molar-refractivity contribution in [3.8, 4) is 23.0 Å². The summed E-state index contributed by atoms with van der Waals surface area (Å²) in [6.45, 7) is 3.17. The van der Waals surface area contributed by atoms with Gasteiger partial charge in [0.2, 0.25) is 0 Å². The van der Waals surface area contributed by atoms with E-state index in [2.05, 4.69) is 54.3 Å². The minimum atomic E-state index is -1.01. The van der Waals surface area contributed by atoms with Gasteiger partial charge in [-0.05, 0) is 33.7 Å². The normalized spacial score (nSPS) is 21.1. The molecule has 1 aliphatic heterocycles. The molecule has 1 heterocycles. The number of aliphatic hydroxyl groups is 1. The van der Waals surface area contributed by atoms with Crippen LogP contribution >= 0.6 is 0 Å². The fraction of sp³-hybridized carbons (Fsp3) is 0.259. The molecule has 2 aliphatic rings. The Kier molecular flexibility index (Phi) is 4.72. The number of likely N-dealkylation sites (tertiary alicyclic amines) is 1. The van der Waals surface area contributed by atoms with Crippen molar-refractivity contribution in [3.63, 3.8) is 0 Å². The Morgan fingerprint density at radius 3 is 2.14 bits per heavy atom. The van der Waals surface area contributed by atoms with Crippen LogP contribution in [0.1, 0.15) is 35.4 Å². The van der Waals surface area contributed by atoms with Crippen molar-refractivity contribution in [2.75, 3.05) is 19.6 Å². The molecule has 1 fully saturated rings. The number of quaternary nitrogens is 1. The Labute approximate surface area is 172 Å². The van der Waals surface area contributed by atoms with Crippen LogP contribution in [0.5, 0.6) is 0 Å². The predicted molar refractivity (Wildman–Crippen MR) is 117 cm³/mol. The summed E-state index contributed by atoms with van der Waals surface area (Å²) in [6, 6.07) is 27.2. The SMILES string of the molecule is OC1(CC#CC[NH+]2CC[C@@H](c3ccccc3)C2)c2ccccc2-c2ccccc21. The molecule has 1 aliphatic carbocycles. The third-order valence-electron chi connectivity index (χ3n) is 6.50. The first-order valence-corrected chi connectivity index (χ1v) is 10.5. The van der Waals surface area contributed by atoms with E-state index in [4.69, 9.17) is 0 Å². The highest BCUT2D eigenvalue weighted by Crippen LogP contribution is 2.48. The molecule has 5 rings (SSSR count). The Morgan fingerprint density at radius 1 is 0.828 bits per heavy atom. The maximum absolute atomic E-state index is 11.6. The van der Waals surface area contributed by atoms with Crippen LogP contribution in [0.3, 0.4) is 0 Å². The second-order valence-electron chi connectivity index (χ2n) is 8.26. The summed E-state index contributed by atoms with van der Waals surface area (Å²) in [5, 5.41) is 11.6. The summed E-state index contributed by atoms with van der Waals surface area (Å²) in [7, 11) is 0. The zero-order valence-corrected chi connectivity index (χ0v) is 16.6. The minimum absolute atomic E-state index is 0.441. The Bertz CT molecular complexity index is 1030. The van der Waals surface area contributed by atoms with Crippen LogP contribution in [-0.2, 0) is 5.60 Å². The molecule has 3 aromatic rings. The molecular weight excluding hydrogens is 354 g/mol. The van der Waals surface area contributed by atoms with Crippen molar-refractivity contribution in [1.29, 1.82) is 0 Å². The van der Waals surface area contributed by atoms with Gasteiger partial charge in [-0.1, -0.05) is 84.8 Å². The molecule has 29 heavy (non-hydrogen) atoms. The quantitative estimate of drug-likeness (QED) is 0.669. The van der Waals surface area contributed by atoms with Crippen LogP contribution in [0.15, 0.2) is 78.9 Å². The van der Waals surface area contributed by atoms with Crippen LogP contribution in [0.4, 0.5) is 0 Å². The van der Waals surface area contributed by atoms with Crippen molar-refractivity contribution in [2.24, 2.45) is 0 Å². The first-order chi connectivity index (χ1) is 14.3. The second kappa shape index (κ2) is 7.52. The average molecular weight is 381 g/mol. The highest BCUT2D eigenvalue weighted by Gasteiger charge is 2.40. The highest BCUT2D eigenvalue weighted by molar-refractivity contribution is 5.80. The lowest BCUT2D eigenvalue weighted by Gasteiger charge is -2.23. The largest absolute Gasteiger partial charge is 0.379 e. The van der Waals surface area contributed by atoms with Gasteiger partial charge in [-0.3, -0.25) is 0 Å². The van der Waals surface area contributed by atoms with Gasteiger partial charge in [0.05, 0.1) is 13.1 Å². The molecule has 0 amide bonds. The molecule has 1 unspecified atom stereocenters. The number of rotatable bonds is 3. The van der Waals surface area contributed by atoms with E-state index < -0.39 is 5.60 Å². The maximum Gasteiger partial charge on any atom is 0.139 e. The molecule has 3 aromatic carbocycles. The molecule has 2 N–H and O–H groups in total. The van der Waals surface area contributed by atoms with Crippen LogP contribution in [0, 0.1) is 11.8 Å². The summed E-state index contributed by atoms with van der Waals surface area (Å²) in [5.74, 6) is 7.32. The van der Waals surface area contributed by atoms with Gasteiger partial charge < -0.3 is 10.0 Å². The topological polar surface area (TPSA) is 24.7 Å².